The van der Waals surface area contributed by atoms with E-state index in [2.05, 4.69) is 10.3 Å². The largest absolute Gasteiger partial charge is 0.433 e. The number of piperidine rings is 1. The summed E-state index contributed by atoms with van der Waals surface area (Å²) in [5.41, 5.74) is -2.13. The minimum absolute atomic E-state index is 0.0830. The van der Waals surface area contributed by atoms with E-state index in [-0.39, 0.29) is 44.3 Å². The Morgan fingerprint density at radius 1 is 1.38 bits per heavy atom. The number of pyridine rings is 1. The van der Waals surface area contributed by atoms with E-state index < -0.39 is 17.5 Å². The van der Waals surface area contributed by atoms with Gasteiger partial charge in [0.25, 0.3) is 0 Å². The van der Waals surface area contributed by atoms with Crippen molar-refractivity contribution < 1.29 is 27.1 Å². The number of carbonyl (C=O) groups excluding carboxylic acids is 1. The first-order valence-corrected chi connectivity index (χ1v) is 8.59. The number of anilines is 1. The number of alkyl halides is 4. The molecule has 9 heteroatoms. The highest BCUT2D eigenvalue weighted by atomic mass is 19.4. The lowest BCUT2D eigenvalue weighted by Crippen LogP contribution is -2.49. The van der Waals surface area contributed by atoms with Gasteiger partial charge >= 0.3 is 6.18 Å². The number of hydrogen-bond acceptors (Lipinski definition) is 4. The van der Waals surface area contributed by atoms with Crippen molar-refractivity contribution in [2.75, 3.05) is 37.7 Å². The van der Waals surface area contributed by atoms with Crippen molar-refractivity contribution in [2.45, 2.75) is 31.1 Å². The first-order chi connectivity index (χ1) is 12.3. The predicted octanol–water partition coefficient (Wildman–Crippen LogP) is 2.56. The van der Waals surface area contributed by atoms with E-state index >= 15 is 0 Å². The SMILES string of the molecule is O=C(NCC1(F)CCN(c2ccnc(C(F)(F)F)c2)CC1)C1CCOC1. The van der Waals surface area contributed by atoms with Gasteiger partial charge < -0.3 is 15.0 Å². The van der Waals surface area contributed by atoms with E-state index in [4.69, 9.17) is 4.74 Å². The molecule has 0 aromatic carbocycles. The summed E-state index contributed by atoms with van der Waals surface area (Å²) in [4.78, 5) is 17.0. The number of nitrogens with zero attached hydrogens (tertiary/aromatic N) is 2. The van der Waals surface area contributed by atoms with Gasteiger partial charge in [-0.3, -0.25) is 9.78 Å². The number of rotatable bonds is 4. The summed E-state index contributed by atoms with van der Waals surface area (Å²) in [7, 11) is 0. The molecule has 0 saturated carbocycles. The highest BCUT2D eigenvalue weighted by molar-refractivity contribution is 5.79. The lowest BCUT2D eigenvalue weighted by Gasteiger charge is -2.38. The maximum absolute atomic E-state index is 14.9. The fourth-order valence-corrected chi connectivity index (χ4v) is 3.24. The summed E-state index contributed by atoms with van der Waals surface area (Å²) in [6.07, 6.45) is -2.48. The van der Waals surface area contributed by atoms with E-state index in [1.54, 1.807) is 4.90 Å². The first-order valence-electron chi connectivity index (χ1n) is 8.59. The Morgan fingerprint density at radius 3 is 2.73 bits per heavy atom. The van der Waals surface area contributed by atoms with Gasteiger partial charge in [0.15, 0.2) is 0 Å². The zero-order chi connectivity index (χ0) is 18.8. The van der Waals surface area contributed by atoms with Crippen LogP contribution in [0.15, 0.2) is 18.3 Å². The van der Waals surface area contributed by atoms with Crippen molar-refractivity contribution in [2.24, 2.45) is 5.92 Å². The molecule has 5 nitrogen and oxygen atoms in total. The standard InChI is InChI=1S/C17H21F4N3O2/c18-16(11-23-15(25)12-2-8-26-10-12)3-6-24(7-4-16)13-1-5-22-14(9-13)17(19,20)21/h1,5,9,12H,2-4,6-8,10-11H2,(H,23,25). The molecule has 2 fully saturated rings. The van der Waals surface area contributed by atoms with Crippen molar-refractivity contribution in [3.63, 3.8) is 0 Å². The first kappa shape index (κ1) is 18.9. The molecule has 0 spiro atoms. The lowest BCUT2D eigenvalue weighted by atomic mass is 9.92. The molecule has 2 aliphatic heterocycles. The fraction of sp³-hybridized carbons (Fsp3) is 0.647. The Hall–Kier alpha value is -1.90. The number of carbonyl (C=O) groups is 1. The van der Waals surface area contributed by atoms with E-state index in [1.165, 1.54) is 6.07 Å². The second kappa shape index (κ2) is 7.38. The van der Waals surface area contributed by atoms with Crippen molar-refractivity contribution >= 4 is 11.6 Å². The molecule has 3 rings (SSSR count). The molecule has 2 aliphatic rings. The topological polar surface area (TPSA) is 54.5 Å². The van der Waals surface area contributed by atoms with Gasteiger partial charge in [-0.25, -0.2) is 4.39 Å². The molecule has 1 N–H and O–H groups in total. The van der Waals surface area contributed by atoms with Gasteiger partial charge in [0.05, 0.1) is 19.1 Å². The van der Waals surface area contributed by atoms with Gasteiger partial charge in [-0.1, -0.05) is 0 Å². The van der Waals surface area contributed by atoms with E-state index in [0.717, 1.165) is 12.3 Å². The molecule has 1 atom stereocenters. The Labute approximate surface area is 148 Å². The summed E-state index contributed by atoms with van der Waals surface area (Å²) < 4.78 is 58.4. The molecule has 1 amide bonds. The zero-order valence-electron chi connectivity index (χ0n) is 14.2. The van der Waals surface area contributed by atoms with Crippen LogP contribution >= 0.6 is 0 Å². The minimum Gasteiger partial charge on any atom is -0.381 e. The molecule has 3 heterocycles. The van der Waals surface area contributed by atoms with Crippen LogP contribution in [-0.2, 0) is 15.7 Å². The molecule has 1 unspecified atom stereocenters. The van der Waals surface area contributed by atoms with Crippen LogP contribution in [0.25, 0.3) is 0 Å². The van der Waals surface area contributed by atoms with Gasteiger partial charge in [0, 0.05) is 44.4 Å². The Morgan fingerprint density at radius 2 is 2.12 bits per heavy atom. The van der Waals surface area contributed by atoms with E-state index in [9.17, 15) is 22.4 Å². The Kier molecular flexibility index (Phi) is 5.36. The number of amides is 1. The number of halogens is 4. The molecule has 1 aromatic heterocycles. The number of aromatic nitrogens is 1. The molecule has 1 aromatic rings. The summed E-state index contributed by atoms with van der Waals surface area (Å²) in [5.74, 6) is -0.429. The molecule has 2 saturated heterocycles. The third kappa shape index (κ3) is 4.44. The summed E-state index contributed by atoms with van der Waals surface area (Å²) >= 11 is 0. The van der Waals surface area contributed by atoms with Crippen LogP contribution < -0.4 is 10.2 Å². The molecule has 0 radical (unpaired) electrons. The molecule has 144 valence electrons. The Balaban J connectivity index is 1.54. The third-order valence-electron chi connectivity index (χ3n) is 4.94. The maximum Gasteiger partial charge on any atom is 0.433 e. The lowest BCUT2D eigenvalue weighted by molar-refractivity contribution is -0.141. The average molecular weight is 375 g/mol. The number of hydrogen-bond donors (Lipinski definition) is 1. The minimum atomic E-state index is -4.51. The van der Waals surface area contributed by atoms with Crippen molar-refractivity contribution in [3.05, 3.63) is 24.0 Å². The van der Waals surface area contributed by atoms with Gasteiger partial charge in [-0.15, -0.1) is 0 Å². The quantitative estimate of drug-likeness (QED) is 0.822. The molecular formula is C17H21F4N3O2. The highest BCUT2D eigenvalue weighted by Gasteiger charge is 2.37. The van der Waals surface area contributed by atoms with Crippen molar-refractivity contribution in [1.29, 1.82) is 0 Å². The van der Waals surface area contributed by atoms with Crippen LogP contribution in [0.5, 0.6) is 0 Å². The van der Waals surface area contributed by atoms with Crippen LogP contribution in [0, 0.1) is 5.92 Å². The predicted molar refractivity (Wildman–Crippen MR) is 86.5 cm³/mol. The summed E-state index contributed by atoms with van der Waals surface area (Å²) in [6, 6.07) is 2.47. The van der Waals surface area contributed by atoms with Crippen LogP contribution in [-0.4, -0.2) is 49.4 Å². The summed E-state index contributed by atoms with van der Waals surface area (Å²) in [6.45, 7) is 1.38. The zero-order valence-corrected chi connectivity index (χ0v) is 14.2. The second-order valence-corrected chi connectivity index (χ2v) is 6.81. The molecular weight excluding hydrogens is 354 g/mol. The smallest absolute Gasteiger partial charge is 0.381 e. The van der Waals surface area contributed by atoms with Gasteiger partial charge in [-0.05, 0) is 18.6 Å². The molecule has 0 aliphatic carbocycles. The van der Waals surface area contributed by atoms with E-state index in [1.807, 2.05) is 0 Å². The normalized spacial score (nSPS) is 23.1. The van der Waals surface area contributed by atoms with Gasteiger partial charge in [-0.2, -0.15) is 13.2 Å². The second-order valence-electron chi connectivity index (χ2n) is 6.81. The average Bonchev–Trinajstić information content (AvgIpc) is 3.15. The number of nitrogens with one attached hydrogen (secondary N) is 1. The number of ether oxygens (including phenoxy) is 1. The van der Waals surface area contributed by atoms with Gasteiger partial charge in [0.1, 0.15) is 11.4 Å². The van der Waals surface area contributed by atoms with Crippen molar-refractivity contribution in [3.8, 4) is 0 Å². The van der Waals surface area contributed by atoms with E-state index in [0.29, 0.717) is 25.3 Å². The molecule has 26 heavy (non-hydrogen) atoms. The monoisotopic (exact) mass is 375 g/mol. The Bertz CT molecular complexity index is 639. The third-order valence-corrected chi connectivity index (χ3v) is 4.94. The maximum atomic E-state index is 14.9. The van der Waals surface area contributed by atoms with Crippen LogP contribution in [0.4, 0.5) is 23.2 Å². The van der Waals surface area contributed by atoms with Crippen LogP contribution in [0.3, 0.4) is 0 Å². The van der Waals surface area contributed by atoms with Gasteiger partial charge in [0.2, 0.25) is 5.91 Å². The van der Waals surface area contributed by atoms with Crippen LogP contribution in [0.2, 0.25) is 0 Å². The van der Waals surface area contributed by atoms with Crippen molar-refractivity contribution in [1.82, 2.24) is 10.3 Å². The summed E-state index contributed by atoms with van der Waals surface area (Å²) in [5, 5.41) is 2.65. The fourth-order valence-electron chi connectivity index (χ4n) is 3.24. The van der Waals surface area contributed by atoms with Crippen LogP contribution in [0.1, 0.15) is 25.0 Å². The highest BCUT2D eigenvalue weighted by Crippen LogP contribution is 2.33. The molecule has 0 bridgehead atoms.